The molecular weight excluding hydrogens is 291 g/mol. The van der Waals surface area contributed by atoms with E-state index in [1.165, 1.54) is 23.5 Å². The lowest BCUT2D eigenvalue weighted by Gasteiger charge is -2.11. The van der Waals surface area contributed by atoms with Crippen molar-refractivity contribution in [1.29, 1.82) is 0 Å². The predicted octanol–water partition coefficient (Wildman–Crippen LogP) is 3.53. The Morgan fingerprint density at radius 1 is 1.25 bits per heavy atom. The number of carbonyl (C=O) groups excluding carboxylic acids is 1. The summed E-state index contributed by atoms with van der Waals surface area (Å²) >= 11 is 1.31. The van der Waals surface area contributed by atoms with Gasteiger partial charge in [-0.3, -0.25) is 4.79 Å². The largest absolute Gasteiger partial charge is 0.573 e. The molecule has 0 amide bonds. The van der Waals surface area contributed by atoms with Gasteiger partial charge in [0.25, 0.3) is 0 Å². The molecular formula is C13H10F3NO2S. The van der Waals surface area contributed by atoms with Crippen LogP contribution >= 0.6 is 11.3 Å². The van der Waals surface area contributed by atoms with Crippen LogP contribution < -0.4 is 10.5 Å². The lowest BCUT2D eigenvalue weighted by molar-refractivity contribution is -0.274. The van der Waals surface area contributed by atoms with Crippen LogP contribution in [0, 0.1) is 0 Å². The van der Waals surface area contributed by atoms with E-state index < -0.39 is 23.9 Å². The van der Waals surface area contributed by atoms with Gasteiger partial charge in [0.15, 0.2) is 5.78 Å². The molecule has 2 rings (SSSR count). The number of alkyl halides is 3. The molecule has 0 spiro atoms. The molecule has 0 bridgehead atoms. The minimum absolute atomic E-state index is 0.0765. The number of benzene rings is 1. The van der Waals surface area contributed by atoms with E-state index in [1.807, 2.05) is 0 Å². The van der Waals surface area contributed by atoms with Crippen molar-refractivity contribution in [1.82, 2.24) is 0 Å². The lowest BCUT2D eigenvalue weighted by atomic mass is 10.0. The van der Waals surface area contributed by atoms with Gasteiger partial charge in [-0.25, -0.2) is 0 Å². The average molecular weight is 301 g/mol. The molecule has 0 fully saturated rings. The van der Waals surface area contributed by atoms with Gasteiger partial charge in [0.1, 0.15) is 11.8 Å². The third-order valence-electron chi connectivity index (χ3n) is 2.48. The first kappa shape index (κ1) is 14.5. The fraction of sp³-hybridized carbons (Fsp3) is 0.154. The zero-order valence-electron chi connectivity index (χ0n) is 10.1. The maximum Gasteiger partial charge on any atom is 0.573 e. The topological polar surface area (TPSA) is 52.3 Å². The number of halogens is 3. The maximum atomic E-state index is 12.1. The van der Waals surface area contributed by atoms with Crippen LogP contribution in [0.2, 0.25) is 0 Å². The molecule has 7 heteroatoms. The van der Waals surface area contributed by atoms with Gasteiger partial charge in [-0.15, -0.1) is 24.5 Å². The van der Waals surface area contributed by atoms with Crippen molar-refractivity contribution in [2.75, 3.05) is 0 Å². The summed E-state index contributed by atoms with van der Waals surface area (Å²) < 4.78 is 40.2. The van der Waals surface area contributed by atoms with Crippen molar-refractivity contribution in [2.45, 2.75) is 12.4 Å². The van der Waals surface area contributed by atoms with Gasteiger partial charge in [0.2, 0.25) is 0 Å². The quantitative estimate of drug-likeness (QED) is 0.879. The highest BCUT2D eigenvalue weighted by Gasteiger charge is 2.31. The molecule has 1 aromatic carbocycles. The molecule has 1 aromatic heterocycles. The molecule has 20 heavy (non-hydrogen) atoms. The van der Waals surface area contributed by atoms with Crippen LogP contribution in [0.4, 0.5) is 13.2 Å². The van der Waals surface area contributed by atoms with Gasteiger partial charge in [-0.05, 0) is 23.6 Å². The second-order valence-electron chi connectivity index (χ2n) is 3.93. The molecule has 0 saturated carbocycles. The van der Waals surface area contributed by atoms with Gasteiger partial charge in [-0.1, -0.05) is 18.2 Å². The van der Waals surface area contributed by atoms with E-state index in [9.17, 15) is 18.0 Å². The van der Waals surface area contributed by atoms with Crippen molar-refractivity contribution in [3.63, 3.8) is 0 Å². The average Bonchev–Trinajstić information content (AvgIpc) is 2.89. The first-order chi connectivity index (χ1) is 9.37. The number of hydrogen-bond acceptors (Lipinski definition) is 4. The molecule has 1 unspecified atom stereocenters. The third kappa shape index (κ3) is 3.58. The lowest BCUT2D eigenvalue weighted by Crippen LogP contribution is -2.21. The molecule has 1 heterocycles. The number of nitrogens with two attached hydrogens (primary N) is 1. The van der Waals surface area contributed by atoms with Crippen LogP contribution in [0.15, 0.2) is 41.8 Å². The molecule has 0 aliphatic heterocycles. The van der Waals surface area contributed by atoms with Crippen molar-refractivity contribution >= 4 is 17.1 Å². The van der Waals surface area contributed by atoms with Crippen LogP contribution in [0.25, 0.3) is 0 Å². The Bertz CT molecular complexity index is 596. The Hall–Kier alpha value is -1.86. The minimum atomic E-state index is -4.79. The Morgan fingerprint density at radius 3 is 2.60 bits per heavy atom. The fourth-order valence-corrected chi connectivity index (χ4v) is 2.35. The van der Waals surface area contributed by atoms with Crippen molar-refractivity contribution in [2.24, 2.45) is 5.73 Å². The van der Waals surface area contributed by atoms with Crippen molar-refractivity contribution in [3.05, 3.63) is 52.2 Å². The van der Waals surface area contributed by atoms with Gasteiger partial charge >= 0.3 is 6.36 Å². The molecule has 3 nitrogen and oxygen atoms in total. The molecule has 0 radical (unpaired) electrons. The summed E-state index contributed by atoms with van der Waals surface area (Å²) in [4.78, 5) is 12.8. The van der Waals surface area contributed by atoms with Crippen molar-refractivity contribution in [3.8, 4) is 5.75 Å². The van der Waals surface area contributed by atoms with E-state index in [-0.39, 0.29) is 5.56 Å². The summed E-state index contributed by atoms with van der Waals surface area (Å²) in [6.45, 7) is 0. The summed E-state index contributed by atoms with van der Waals surface area (Å²) in [6, 6.07) is 7.43. The molecule has 106 valence electrons. The number of thiophene rings is 1. The van der Waals surface area contributed by atoms with E-state index >= 15 is 0 Å². The van der Waals surface area contributed by atoms with Crippen LogP contribution in [0.1, 0.15) is 21.3 Å². The summed E-state index contributed by atoms with van der Waals surface area (Å²) in [5.41, 5.74) is 5.87. The Labute approximate surface area is 116 Å². The van der Waals surface area contributed by atoms with Crippen LogP contribution in [-0.2, 0) is 0 Å². The standard InChI is InChI=1S/C13H10F3NO2S/c14-13(15,16)19-9-4-1-3-8(7-9)12(18)11(17)10-5-2-6-20-10/h1-7,11H,17H2. The maximum absolute atomic E-state index is 12.1. The summed E-state index contributed by atoms with van der Waals surface area (Å²) in [7, 11) is 0. The second-order valence-corrected chi connectivity index (χ2v) is 4.91. The van der Waals surface area contributed by atoms with E-state index in [4.69, 9.17) is 5.73 Å². The van der Waals surface area contributed by atoms with E-state index in [0.717, 1.165) is 12.1 Å². The van der Waals surface area contributed by atoms with Gasteiger partial charge < -0.3 is 10.5 Å². The molecule has 1 atom stereocenters. The summed E-state index contributed by atoms with van der Waals surface area (Å²) in [6.07, 6.45) is -4.79. The predicted molar refractivity (Wildman–Crippen MR) is 68.7 cm³/mol. The third-order valence-corrected chi connectivity index (χ3v) is 3.44. The normalized spacial score (nSPS) is 13.0. The Morgan fingerprint density at radius 2 is 2.00 bits per heavy atom. The number of rotatable bonds is 4. The van der Waals surface area contributed by atoms with Crippen LogP contribution in [0.5, 0.6) is 5.75 Å². The molecule has 2 aromatic rings. The Balaban J connectivity index is 2.20. The number of carbonyl (C=O) groups is 1. The van der Waals surface area contributed by atoms with E-state index in [0.29, 0.717) is 4.88 Å². The van der Waals surface area contributed by atoms with E-state index in [2.05, 4.69) is 4.74 Å². The van der Waals surface area contributed by atoms with E-state index in [1.54, 1.807) is 17.5 Å². The number of ketones is 1. The highest BCUT2D eigenvalue weighted by molar-refractivity contribution is 7.10. The highest BCUT2D eigenvalue weighted by atomic mass is 32.1. The summed E-state index contributed by atoms with van der Waals surface area (Å²) in [5.74, 6) is -0.901. The number of hydrogen-bond donors (Lipinski definition) is 1. The molecule has 0 aliphatic carbocycles. The first-order valence-corrected chi connectivity index (χ1v) is 6.44. The number of ether oxygens (including phenoxy) is 1. The molecule has 0 saturated heterocycles. The number of Topliss-reactive ketones (excluding diaryl/α,β-unsaturated/α-hetero) is 1. The van der Waals surface area contributed by atoms with Crippen molar-refractivity contribution < 1.29 is 22.7 Å². The van der Waals surface area contributed by atoms with Gasteiger partial charge in [0, 0.05) is 10.4 Å². The first-order valence-electron chi connectivity index (χ1n) is 5.56. The van der Waals surface area contributed by atoms with Crippen LogP contribution in [0.3, 0.4) is 0 Å². The zero-order valence-corrected chi connectivity index (χ0v) is 10.9. The SMILES string of the molecule is NC(C(=O)c1cccc(OC(F)(F)F)c1)c1cccs1. The minimum Gasteiger partial charge on any atom is -0.406 e. The van der Waals surface area contributed by atoms with Crippen LogP contribution in [-0.4, -0.2) is 12.1 Å². The molecule has 2 N–H and O–H groups in total. The smallest absolute Gasteiger partial charge is 0.406 e. The summed E-state index contributed by atoms with van der Waals surface area (Å²) in [5, 5.41) is 1.77. The van der Waals surface area contributed by atoms with Gasteiger partial charge in [0.05, 0.1) is 0 Å². The Kier molecular flexibility index (Phi) is 4.10. The van der Waals surface area contributed by atoms with Gasteiger partial charge in [-0.2, -0.15) is 0 Å². The molecule has 0 aliphatic rings. The second kappa shape index (κ2) is 5.64. The zero-order chi connectivity index (χ0) is 14.8. The fourth-order valence-electron chi connectivity index (χ4n) is 1.62. The monoisotopic (exact) mass is 301 g/mol. The highest BCUT2D eigenvalue weighted by Crippen LogP contribution is 2.26.